The van der Waals surface area contributed by atoms with Crippen LogP contribution in [0.2, 0.25) is 0 Å². The molecule has 0 unspecified atom stereocenters. The Morgan fingerprint density at radius 1 is 0.681 bits per heavy atom. The van der Waals surface area contributed by atoms with Crippen LogP contribution in [0.1, 0.15) is 109 Å². The number of aromatic nitrogens is 4. The fourth-order valence-corrected chi connectivity index (χ4v) is 6.62. The second-order valence-corrected chi connectivity index (χ2v) is 12.2. The molecule has 7 heteroatoms. The van der Waals surface area contributed by atoms with Crippen LogP contribution in [-0.2, 0) is 30.4 Å². The largest absolute Gasteiger partial charge is 0.427 e. The lowest BCUT2D eigenvalue weighted by atomic mass is 9.84. The Morgan fingerprint density at radius 3 is 1.96 bits per heavy atom. The van der Waals surface area contributed by atoms with Crippen molar-refractivity contribution in [3.05, 3.63) is 105 Å². The van der Waals surface area contributed by atoms with Crippen molar-refractivity contribution in [2.75, 3.05) is 0 Å². The third kappa shape index (κ3) is 6.61. The first-order chi connectivity index (χ1) is 22.9. The Hall–Kier alpha value is -5.04. The summed E-state index contributed by atoms with van der Waals surface area (Å²) in [6, 6.07) is 17.1. The summed E-state index contributed by atoms with van der Waals surface area (Å²) >= 11 is 0. The molecule has 0 saturated carbocycles. The molecule has 6 rings (SSSR count). The first kappa shape index (κ1) is 31.9. The number of fused-ring (bicyclic) bond motifs is 10. The number of hydrogen-bond donors (Lipinski definition) is 1. The molecule has 0 atom stereocenters. The van der Waals surface area contributed by atoms with Gasteiger partial charge in [-0.1, -0.05) is 53.4 Å². The lowest BCUT2D eigenvalue weighted by Crippen LogP contribution is -2.21. The van der Waals surface area contributed by atoms with Crippen molar-refractivity contribution in [2.24, 2.45) is 0 Å². The van der Waals surface area contributed by atoms with E-state index in [9.17, 15) is 9.59 Å². The number of hydrogen-bond acceptors (Lipinski definition) is 5. The lowest BCUT2D eigenvalue weighted by molar-refractivity contribution is 0.0626. The lowest BCUT2D eigenvalue weighted by Gasteiger charge is -2.21. The van der Waals surface area contributed by atoms with Gasteiger partial charge >= 0.3 is 12.1 Å². The number of ether oxygens (including phenoxy) is 1. The molecule has 0 radical (unpaired) electrons. The minimum absolute atomic E-state index is 0.511. The summed E-state index contributed by atoms with van der Waals surface area (Å²) in [7, 11) is 0. The molecule has 0 amide bonds. The van der Waals surface area contributed by atoms with Crippen molar-refractivity contribution in [1.82, 2.24) is 19.5 Å². The summed E-state index contributed by atoms with van der Waals surface area (Å²) in [5.74, 6) is -0.605. The van der Waals surface area contributed by atoms with Gasteiger partial charge in [0.2, 0.25) is 0 Å². The fraction of sp³-hybridized carbons (Fsp3) is 0.300. The molecule has 1 N–H and O–H groups in total. The van der Waals surface area contributed by atoms with Crippen molar-refractivity contribution in [3.8, 4) is 0 Å². The van der Waals surface area contributed by atoms with Crippen molar-refractivity contribution in [2.45, 2.75) is 79.1 Å². The SMILES string of the molecule is CCCc1cc(C(=O)OC(=O)n2c3ccc4nc(c5nc(ccc6ccc([nH]6)c2cc3)C=C5)C=C4)c(CCC)c(CCC)c1CCC. The van der Waals surface area contributed by atoms with E-state index in [0.717, 1.165) is 90.7 Å². The third-order valence-corrected chi connectivity index (χ3v) is 8.70. The fourth-order valence-electron chi connectivity index (χ4n) is 6.62. The highest BCUT2D eigenvalue weighted by atomic mass is 16.6. The van der Waals surface area contributed by atoms with Gasteiger partial charge in [-0.25, -0.2) is 24.1 Å². The molecule has 7 nitrogen and oxygen atoms in total. The monoisotopic (exact) mass is 626 g/mol. The highest BCUT2D eigenvalue weighted by Crippen LogP contribution is 2.30. The molecule has 0 fully saturated rings. The van der Waals surface area contributed by atoms with Gasteiger partial charge < -0.3 is 9.72 Å². The molecule has 4 aromatic rings. The van der Waals surface area contributed by atoms with E-state index in [4.69, 9.17) is 14.7 Å². The van der Waals surface area contributed by atoms with E-state index in [0.29, 0.717) is 16.6 Å². The standard InChI is InChI=1S/C40H42N4O3/c1-5-9-26-25-34(33(12-8-4)32(11-7-3)31(26)10-6-2)39(45)47-40(46)44-30-19-15-29-17-22-36(42-29)35-21-16-27(41-35)13-14-28-18-23-37(43-28)38(44)24-20-30/h13-25,43H,5-12H2,1-4H3. The van der Waals surface area contributed by atoms with Gasteiger partial charge in [0.1, 0.15) is 0 Å². The van der Waals surface area contributed by atoms with Crippen LogP contribution >= 0.6 is 0 Å². The van der Waals surface area contributed by atoms with Gasteiger partial charge in [-0.15, -0.1) is 0 Å². The van der Waals surface area contributed by atoms with E-state index >= 15 is 0 Å². The Balaban J connectivity index is 1.48. The average molecular weight is 627 g/mol. The molecule has 47 heavy (non-hydrogen) atoms. The number of carbonyl (C=O) groups is 2. The predicted molar refractivity (Wildman–Crippen MR) is 191 cm³/mol. The zero-order valence-electron chi connectivity index (χ0n) is 27.7. The number of H-pyrrole nitrogens is 1. The predicted octanol–water partition coefficient (Wildman–Crippen LogP) is 9.76. The number of nitrogens with one attached hydrogen (secondary N) is 1. The third-order valence-electron chi connectivity index (χ3n) is 8.70. The minimum Gasteiger partial charge on any atom is -0.372 e. The maximum absolute atomic E-state index is 14.1. The van der Waals surface area contributed by atoms with E-state index in [1.165, 1.54) is 21.3 Å². The first-order valence-corrected chi connectivity index (χ1v) is 16.9. The Labute approximate surface area is 276 Å². The van der Waals surface area contributed by atoms with Crippen LogP contribution in [0, 0.1) is 0 Å². The highest BCUT2D eigenvalue weighted by molar-refractivity contribution is 6.02. The van der Waals surface area contributed by atoms with E-state index in [2.05, 4.69) is 32.7 Å². The summed E-state index contributed by atoms with van der Waals surface area (Å²) < 4.78 is 7.25. The second kappa shape index (κ2) is 14.2. The van der Waals surface area contributed by atoms with Crippen LogP contribution in [0.3, 0.4) is 0 Å². The van der Waals surface area contributed by atoms with Crippen molar-refractivity contribution >= 4 is 58.4 Å². The molecule has 0 aliphatic carbocycles. The summed E-state index contributed by atoms with van der Waals surface area (Å²) in [4.78, 5) is 40.9. The number of aryl methyl sites for hydroxylation is 1. The smallest absolute Gasteiger partial charge is 0.372 e. The Bertz CT molecular complexity index is 2060. The van der Waals surface area contributed by atoms with Crippen molar-refractivity contribution < 1.29 is 14.3 Å². The molecule has 2 aliphatic rings. The van der Waals surface area contributed by atoms with Gasteiger partial charge in [-0.05, 0) is 127 Å². The molecule has 240 valence electrons. The van der Waals surface area contributed by atoms with Crippen LogP contribution in [-0.4, -0.2) is 31.6 Å². The molecular weight excluding hydrogens is 584 g/mol. The van der Waals surface area contributed by atoms with Crippen LogP contribution < -0.4 is 0 Å². The van der Waals surface area contributed by atoms with Gasteiger partial charge in [0.15, 0.2) is 0 Å². The molecule has 0 spiro atoms. The molecule has 2 aliphatic heterocycles. The van der Waals surface area contributed by atoms with Crippen LogP contribution in [0.15, 0.2) is 54.6 Å². The second-order valence-electron chi connectivity index (χ2n) is 12.2. The number of carbonyl (C=O) groups excluding carboxylic acids is 2. The Morgan fingerprint density at radius 2 is 1.28 bits per heavy atom. The summed E-state index contributed by atoms with van der Waals surface area (Å²) in [5.41, 5.74) is 11.2. The quantitative estimate of drug-likeness (QED) is 0.127. The average Bonchev–Trinajstić information content (AvgIpc) is 3.87. The van der Waals surface area contributed by atoms with E-state index in [1.807, 2.05) is 78.9 Å². The highest BCUT2D eigenvalue weighted by Gasteiger charge is 2.24. The van der Waals surface area contributed by atoms with Gasteiger partial charge in [0, 0.05) is 5.52 Å². The number of esters is 1. The number of aromatic amines is 1. The minimum atomic E-state index is -0.750. The van der Waals surface area contributed by atoms with Gasteiger partial charge in [0.05, 0.1) is 44.9 Å². The Kier molecular flexibility index (Phi) is 9.62. The maximum Gasteiger partial charge on any atom is 0.427 e. The van der Waals surface area contributed by atoms with E-state index in [-0.39, 0.29) is 0 Å². The van der Waals surface area contributed by atoms with E-state index in [1.54, 1.807) is 0 Å². The number of benzene rings is 1. The van der Waals surface area contributed by atoms with Gasteiger partial charge in [-0.3, -0.25) is 0 Å². The zero-order chi connectivity index (χ0) is 32.9. The molecule has 8 bridgehead atoms. The summed E-state index contributed by atoms with van der Waals surface area (Å²) in [6.45, 7) is 8.66. The van der Waals surface area contributed by atoms with Crippen LogP contribution in [0.5, 0.6) is 0 Å². The normalized spacial score (nSPS) is 12.1. The van der Waals surface area contributed by atoms with Crippen LogP contribution in [0.4, 0.5) is 4.79 Å². The summed E-state index contributed by atoms with van der Waals surface area (Å²) in [6.07, 6.45) is 14.4. The first-order valence-electron chi connectivity index (χ1n) is 16.9. The van der Waals surface area contributed by atoms with Crippen molar-refractivity contribution in [3.63, 3.8) is 0 Å². The molecule has 3 aromatic heterocycles. The van der Waals surface area contributed by atoms with E-state index < -0.39 is 12.1 Å². The molecule has 5 heterocycles. The number of rotatable bonds is 9. The van der Waals surface area contributed by atoms with Crippen LogP contribution in [0.25, 0.3) is 46.4 Å². The topological polar surface area (TPSA) is 89.9 Å². The zero-order valence-corrected chi connectivity index (χ0v) is 27.7. The van der Waals surface area contributed by atoms with Gasteiger partial charge in [-0.2, -0.15) is 0 Å². The molecule has 1 aromatic carbocycles. The number of nitrogens with zero attached hydrogens (tertiary/aromatic N) is 3. The molecule has 0 saturated heterocycles. The maximum atomic E-state index is 14.1. The van der Waals surface area contributed by atoms with Crippen molar-refractivity contribution in [1.29, 1.82) is 0 Å². The summed E-state index contributed by atoms with van der Waals surface area (Å²) in [5, 5.41) is 0. The molecular formula is C40H42N4O3. The van der Waals surface area contributed by atoms with Gasteiger partial charge in [0.25, 0.3) is 0 Å².